The van der Waals surface area contributed by atoms with Crippen LogP contribution in [0.1, 0.15) is 18.2 Å². The van der Waals surface area contributed by atoms with Crippen LogP contribution in [0.3, 0.4) is 0 Å². The van der Waals surface area contributed by atoms with Gasteiger partial charge in [-0.05, 0) is 25.1 Å². The molecule has 4 nitrogen and oxygen atoms in total. The van der Waals surface area contributed by atoms with Crippen LogP contribution >= 0.6 is 0 Å². The van der Waals surface area contributed by atoms with Gasteiger partial charge in [-0.3, -0.25) is 9.88 Å². The second-order valence-electron chi connectivity index (χ2n) is 5.61. The standard InChI is InChI=1S/C18H22N2O2/c1-15-13-21-11-10-20(15)12-16-6-2-3-8-18(16)22-14-17-7-4-5-9-19-17/h2-9,15H,10-14H2,1H3/t15-/m1/s1. The molecular weight excluding hydrogens is 276 g/mol. The lowest BCUT2D eigenvalue weighted by atomic mass is 10.1. The van der Waals surface area contributed by atoms with Crippen LogP contribution in [0.4, 0.5) is 0 Å². The van der Waals surface area contributed by atoms with Crippen molar-refractivity contribution in [2.75, 3.05) is 19.8 Å². The number of para-hydroxylation sites is 1. The van der Waals surface area contributed by atoms with Crippen molar-refractivity contribution in [3.63, 3.8) is 0 Å². The molecule has 0 amide bonds. The highest BCUT2D eigenvalue weighted by molar-refractivity contribution is 5.33. The van der Waals surface area contributed by atoms with Gasteiger partial charge in [0, 0.05) is 30.9 Å². The Kier molecular flexibility index (Phi) is 5.03. The first-order chi connectivity index (χ1) is 10.8. The summed E-state index contributed by atoms with van der Waals surface area (Å²) in [4.78, 5) is 6.74. The zero-order valence-electron chi connectivity index (χ0n) is 12.9. The molecule has 0 unspecified atom stereocenters. The van der Waals surface area contributed by atoms with E-state index in [9.17, 15) is 0 Å². The number of nitrogens with zero attached hydrogens (tertiary/aromatic N) is 2. The second kappa shape index (κ2) is 7.38. The maximum absolute atomic E-state index is 5.98. The molecule has 0 bridgehead atoms. The highest BCUT2D eigenvalue weighted by atomic mass is 16.5. The van der Waals surface area contributed by atoms with Gasteiger partial charge in [0.1, 0.15) is 12.4 Å². The largest absolute Gasteiger partial charge is 0.487 e. The van der Waals surface area contributed by atoms with Gasteiger partial charge in [-0.15, -0.1) is 0 Å². The molecule has 4 heteroatoms. The van der Waals surface area contributed by atoms with Crippen molar-refractivity contribution in [2.45, 2.75) is 26.1 Å². The summed E-state index contributed by atoms with van der Waals surface area (Å²) in [7, 11) is 0. The van der Waals surface area contributed by atoms with E-state index in [1.54, 1.807) is 6.20 Å². The molecule has 0 N–H and O–H groups in total. The first-order valence-electron chi connectivity index (χ1n) is 7.75. The molecule has 2 aromatic rings. The third-order valence-corrected chi connectivity index (χ3v) is 3.95. The summed E-state index contributed by atoms with van der Waals surface area (Å²) in [5.41, 5.74) is 2.16. The summed E-state index contributed by atoms with van der Waals surface area (Å²) in [6.45, 7) is 6.17. The molecule has 1 aromatic heterocycles. The fourth-order valence-electron chi connectivity index (χ4n) is 2.63. The number of hydrogen-bond acceptors (Lipinski definition) is 4. The van der Waals surface area contributed by atoms with Crippen molar-refractivity contribution in [1.82, 2.24) is 9.88 Å². The van der Waals surface area contributed by atoms with Gasteiger partial charge in [-0.1, -0.05) is 24.3 Å². The Balaban J connectivity index is 1.67. The van der Waals surface area contributed by atoms with Crippen molar-refractivity contribution in [3.8, 4) is 5.75 Å². The lowest BCUT2D eigenvalue weighted by molar-refractivity contribution is -0.00473. The normalized spacial score (nSPS) is 19.0. The lowest BCUT2D eigenvalue weighted by Crippen LogP contribution is -2.42. The highest BCUT2D eigenvalue weighted by Gasteiger charge is 2.19. The predicted octanol–water partition coefficient (Wildman–Crippen LogP) is 2.88. The molecule has 3 rings (SSSR count). The molecule has 22 heavy (non-hydrogen) atoms. The Morgan fingerprint density at radius 2 is 2.09 bits per heavy atom. The first-order valence-corrected chi connectivity index (χ1v) is 7.75. The van der Waals surface area contributed by atoms with Crippen LogP contribution in [0.15, 0.2) is 48.7 Å². The Morgan fingerprint density at radius 3 is 2.91 bits per heavy atom. The van der Waals surface area contributed by atoms with Crippen LogP contribution in [0.5, 0.6) is 5.75 Å². The van der Waals surface area contributed by atoms with E-state index >= 15 is 0 Å². The molecule has 1 aromatic carbocycles. The van der Waals surface area contributed by atoms with Gasteiger partial charge in [-0.2, -0.15) is 0 Å². The summed E-state index contributed by atoms with van der Waals surface area (Å²) in [5, 5.41) is 0. The van der Waals surface area contributed by atoms with Crippen LogP contribution in [-0.2, 0) is 17.9 Å². The molecule has 0 spiro atoms. The van der Waals surface area contributed by atoms with Crippen molar-refractivity contribution < 1.29 is 9.47 Å². The average Bonchev–Trinajstić information content (AvgIpc) is 2.57. The molecule has 1 aliphatic heterocycles. The van der Waals surface area contributed by atoms with E-state index in [0.717, 1.165) is 37.7 Å². The molecule has 1 aliphatic rings. The Bertz CT molecular complexity index is 589. The summed E-state index contributed by atoms with van der Waals surface area (Å²) < 4.78 is 11.5. The number of aromatic nitrogens is 1. The molecule has 0 radical (unpaired) electrons. The van der Waals surface area contributed by atoms with Gasteiger partial charge < -0.3 is 9.47 Å². The summed E-state index contributed by atoms with van der Waals surface area (Å²) >= 11 is 0. The van der Waals surface area contributed by atoms with Gasteiger partial charge in [0.25, 0.3) is 0 Å². The van der Waals surface area contributed by atoms with Gasteiger partial charge in [-0.25, -0.2) is 0 Å². The van der Waals surface area contributed by atoms with E-state index in [-0.39, 0.29) is 0 Å². The van der Waals surface area contributed by atoms with Crippen LogP contribution in [0.2, 0.25) is 0 Å². The molecule has 1 saturated heterocycles. The SMILES string of the molecule is C[C@@H]1COCCN1Cc1ccccc1OCc1ccccn1. The molecule has 1 fully saturated rings. The number of ether oxygens (including phenoxy) is 2. The average molecular weight is 298 g/mol. The number of rotatable bonds is 5. The van der Waals surface area contributed by atoms with E-state index in [1.807, 2.05) is 30.3 Å². The van der Waals surface area contributed by atoms with Crippen LogP contribution < -0.4 is 4.74 Å². The van der Waals surface area contributed by atoms with Crippen molar-refractivity contribution >= 4 is 0 Å². The maximum atomic E-state index is 5.98. The number of pyridine rings is 1. The third kappa shape index (κ3) is 3.84. The van der Waals surface area contributed by atoms with Gasteiger partial charge >= 0.3 is 0 Å². The highest BCUT2D eigenvalue weighted by Crippen LogP contribution is 2.22. The topological polar surface area (TPSA) is 34.6 Å². The molecule has 1 atom stereocenters. The Labute approximate surface area is 131 Å². The quantitative estimate of drug-likeness (QED) is 0.850. The fourth-order valence-corrected chi connectivity index (χ4v) is 2.63. The minimum absolute atomic E-state index is 0.442. The summed E-state index contributed by atoms with van der Waals surface area (Å²) in [6.07, 6.45) is 1.79. The van der Waals surface area contributed by atoms with Gasteiger partial charge in [0.2, 0.25) is 0 Å². The molecule has 0 saturated carbocycles. The van der Waals surface area contributed by atoms with E-state index in [0.29, 0.717) is 12.6 Å². The monoisotopic (exact) mass is 298 g/mol. The van der Waals surface area contributed by atoms with E-state index in [4.69, 9.17) is 9.47 Å². The second-order valence-corrected chi connectivity index (χ2v) is 5.61. The maximum Gasteiger partial charge on any atom is 0.130 e. The Morgan fingerprint density at radius 1 is 1.23 bits per heavy atom. The van der Waals surface area contributed by atoms with Crippen LogP contribution in [-0.4, -0.2) is 35.7 Å². The van der Waals surface area contributed by atoms with Gasteiger partial charge in [0.15, 0.2) is 0 Å². The minimum atomic E-state index is 0.442. The zero-order valence-corrected chi connectivity index (χ0v) is 12.9. The van der Waals surface area contributed by atoms with Crippen molar-refractivity contribution in [3.05, 3.63) is 59.9 Å². The molecule has 2 heterocycles. The molecule has 0 aliphatic carbocycles. The molecule has 116 valence electrons. The van der Waals surface area contributed by atoms with E-state index in [2.05, 4.69) is 28.9 Å². The van der Waals surface area contributed by atoms with Crippen LogP contribution in [0.25, 0.3) is 0 Å². The van der Waals surface area contributed by atoms with Crippen molar-refractivity contribution in [2.24, 2.45) is 0 Å². The zero-order chi connectivity index (χ0) is 15.2. The van der Waals surface area contributed by atoms with Crippen LogP contribution in [0, 0.1) is 0 Å². The fraction of sp³-hybridized carbons (Fsp3) is 0.389. The van der Waals surface area contributed by atoms with E-state index < -0.39 is 0 Å². The number of morpholine rings is 1. The number of hydrogen-bond donors (Lipinski definition) is 0. The summed E-state index contributed by atoms with van der Waals surface area (Å²) in [5.74, 6) is 0.937. The molecular formula is C18H22N2O2. The minimum Gasteiger partial charge on any atom is -0.487 e. The first kappa shape index (κ1) is 15.0. The van der Waals surface area contributed by atoms with E-state index in [1.165, 1.54) is 5.56 Å². The van der Waals surface area contributed by atoms with Crippen molar-refractivity contribution in [1.29, 1.82) is 0 Å². The Hall–Kier alpha value is -1.91. The van der Waals surface area contributed by atoms with Gasteiger partial charge in [0.05, 0.1) is 18.9 Å². The smallest absolute Gasteiger partial charge is 0.130 e. The summed E-state index contributed by atoms with van der Waals surface area (Å²) in [6, 6.07) is 14.6. The predicted molar refractivity (Wildman–Crippen MR) is 85.7 cm³/mol. The number of benzene rings is 1. The lowest BCUT2D eigenvalue weighted by Gasteiger charge is -2.33. The third-order valence-electron chi connectivity index (χ3n) is 3.95.